The van der Waals surface area contributed by atoms with Crippen LogP contribution in [0, 0.1) is 11.3 Å². The van der Waals surface area contributed by atoms with Gasteiger partial charge in [0.15, 0.2) is 5.82 Å². The highest BCUT2D eigenvalue weighted by molar-refractivity contribution is 5.89. The molecule has 0 aliphatic carbocycles. The van der Waals surface area contributed by atoms with Gasteiger partial charge in [-0.1, -0.05) is 18.2 Å². The summed E-state index contributed by atoms with van der Waals surface area (Å²) in [5.74, 6) is 0.476. The van der Waals surface area contributed by atoms with Gasteiger partial charge in [0, 0.05) is 17.7 Å². The number of nitriles is 1. The van der Waals surface area contributed by atoms with Crippen molar-refractivity contribution in [2.24, 2.45) is 5.10 Å². The van der Waals surface area contributed by atoms with Crippen molar-refractivity contribution in [1.82, 2.24) is 15.0 Å². The lowest BCUT2D eigenvalue weighted by Gasteiger charge is -2.28. The van der Waals surface area contributed by atoms with Crippen molar-refractivity contribution in [2.45, 2.75) is 32.7 Å². The summed E-state index contributed by atoms with van der Waals surface area (Å²) in [5, 5.41) is 25.6. The third-order valence-electron chi connectivity index (χ3n) is 3.96. The maximum Gasteiger partial charge on any atom is 0.252 e. The van der Waals surface area contributed by atoms with E-state index in [9.17, 15) is 10.4 Å². The Morgan fingerprint density at radius 3 is 2.65 bits per heavy atom. The van der Waals surface area contributed by atoms with Gasteiger partial charge in [-0.2, -0.15) is 25.3 Å². The molecule has 1 aromatic carbocycles. The molecule has 1 aliphatic heterocycles. The predicted octanol–water partition coefficient (Wildman–Crippen LogP) is 2.59. The molecule has 0 saturated carbocycles. The molecular weight excluding hydrogens is 330 g/mol. The minimum Gasteiger partial charge on any atom is -0.507 e. The number of nitrogen functional groups attached to an aromatic ring is 1. The van der Waals surface area contributed by atoms with Gasteiger partial charge in [0.05, 0.1) is 11.1 Å². The Kier molecular flexibility index (Phi) is 4.30. The third kappa shape index (κ3) is 3.32. The number of nitrogens with zero attached hydrogens (tertiary/aromatic N) is 6. The number of phenolic OH excluding ortho intramolecular Hbond substituents is 1. The SMILES string of the molecule is CC1=NN(c2nc(N)nc(C(C#N)=Cc3ccccc3O)n2)C(C)(C)C1. The monoisotopic (exact) mass is 349 g/mol. The molecule has 0 amide bonds. The summed E-state index contributed by atoms with van der Waals surface area (Å²) in [6, 6.07) is 8.75. The zero-order valence-electron chi connectivity index (χ0n) is 14.8. The zero-order chi connectivity index (χ0) is 18.9. The fourth-order valence-electron chi connectivity index (χ4n) is 2.87. The first kappa shape index (κ1) is 17.4. The lowest BCUT2D eigenvalue weighted by atomic mass is 9.99. The van der Waals surface area contributed by atoms with Gasteiger partial charge in [0.1, 0.15) is 11.8 Å². The van der Waals surface area contributed by atoms with Gasteiger partial charge in [-0.3, -0.25) is 0 Å². The molecule has 0 radical (unpaired) electrons. The number of hydrogen-bond acceptors (Lipinski definition) is 8. The van der Waals surface area contributed by atoms with Crippen LogP contribution in [0.4, 0.5) is 11.9 Å². The van der Waals surface area contributed by atoms with Gasteiger partial charge < -0.3 is 10.8 Å². The molecule has 132 valence electrons. The quantitative estimate of drug-likeness (QED) is 0.816. The first-order valence-electron chi connectivity index (χ1n) is 8.06. The molecule has 0 unspecified atom stereocenters. The highest BCUT2D eigenvalue weighted by Gasteiger charge is 2.35. The van der Waals surface area contributed by atoms with Crippen molar-refractivity contribution in [3.8, 4) is 11.8 Å². The molecule has 1 aliphatic rings. The zero-order valence-corrected chi connectivity index (χ0v) is 14.8. The van der Waals surface area contributed by atoms with E-state index in [-0.39, 0.29) is 34.6 Å². The molecular formula is C18H19N7O. The lowest BCUT2D eigenvalue weighted by Crippen LogP contribution is -2.37. The number of aromatic hydroxyl groups is 1. The van der Waals surface area contributed by atoms with Crippen LogP contribution in [0.5, 0.6) is 5.75 Å². The maximum absolute atomic E-state index is 9.92. The second-order valence-electron chi connectivity index (χ2n) is 6.68. The van der Waals surface area contributed by atoms with Gasteiger partial charge >= 0.3 is 0 Å². The van der Waals surface area contributed by atoms with Gasteiger partial charge in [0.2, 0.25) is 5.95 Å². The van der Waals surface area contributed by atoms with Crippen LogP contribution in [0.15, 0.2) is 29.4 Å². The number of benzene rings is 1. The minimum atomic E-state index is -0.302. The third-order valence-corrected chi connectivity index (χ3v) is 3.96. The minimum absolute atomic E-state index is 0.000938. The van der Waals surface area contributed by atoms with Gasteiger partial charge in [-0.15, -0.1) is 0 Å². The summed E-state index contributed by atoms with van der Waals surface area (Å²) in [5.41, 5.74) is 7.15. The molecule has 2 heterocycles. The second-order valence-corrected chi connectivity index (χ2v) is 6.68. The number of hydrazone groups is 1. The summed E-state index contributed by atoms with van der Waals surface area (Å²) in [6.45, 7) is 5.98. The summed E-state index contributed by atoms with van der Waals surface area (Å²) < 4.78 is 0. The average molecular weight is 349 g/mol. The Balaban J connectivity index is 2.07. The van der Waals surface area contributed by atoms with E-state index in [0.717, 1.165) is 12.1 Å². The van der Waals surface area contributed by atoms with Crippen LogP contribution in [0.3, 0.4) is 0 Å². The molecule has 8 nitrogen and oxygen atoms in total. The predicted molar refractivity (Wildman–Crippen MR) is 100 cm³/mol. The molecule has 0 bridgehead atoms. The number of anilines is 2. The van der Waals surface area contributed by atoms with E-state index >= 15 is 0 Å². The van der Waals surface area contributed by atoms with E-state index in [1.54, 1.807) is 23.2 Å². The number of para-hydroxylation sites is 1. The molecule has 26 heavy (non-hydrogen) atoms. The second kappa shape index (κ2) is 6.44. The van der Waals surface area contributed by atoms with Crippen molar-refractivity contribution in [3.05, 3.63) is 35.7 Å². The van der Waals surface area contributed by atoms with Crippen molar-refractivity contribution >= 4 is 29.3 Å². The number of phenols is 1. The number of aromatic nitrogens is 3. The first-order chi connectivity index (χ1) is 12.3. The molecule has 3 N–H and O–H groups in total. The Labute approximate surface area is 151 Å². The van der Waals surface area contributed by atoms with Gasteiger partial charge in [-0.05, 0) is 32.9 Å². The summed E-state index contributed by atoms with van der Waals surface area (Å²) in [4.78, 5) is 12.6. The van der Waals surface area contributed by atoms with Crippen molar-refractivity contribution in [2.75, 3.05) is 10.7 Å². The summed E-state index contributed by atoms with van der Waals surface area (Å²) >= 11 is 0. The normalized spacial score (nSPS) is 16.3. The number of hydrogen-bond donors (Lipinski definition) is 2. The molecule has 2 aromatic rings. The average Bonchev–Trinajstić information content (AvgIpc) is 2.86. The van der Waals surface area contributed by atoms with Crippen LogP contribution in [-0.4, -0.2) is 31.3 Å². The molecule has 0 saturated heterocycles. The molecule has 0 atom stereocenters. The largest absolute Gasteiger partial charge is 0.507 e. The van der Waals surface area contributed by atoms with Crippen LogP contribution in [0.25, 0.3) is 11.6 Å². The van der Waals surface area contributed by atoms with E-state index < -0.39 is 0 Å². The molecule has 0 fully saturated rings. The van der Waals surface area contributed by atoms with E-state index in [0.29, 0.717) is 5.56 Å². The van der Waals surface area contributed by atoms with E-state index in [1.807, 2.05) is 20.8 Å². The molecule has 3 rings (SSSR count). The highest BCUT2D eigenvalue weighted by Crippen LogP contribution is 2.31. The van der Waals surface area contributed by atoms with Crippen LogP contribution < -0.4 is 10.7 Å². The molecule has 0 spiro atoms. The topological polar surface area (TPSA) is 124 Å². The van der Waals surface area contributed by atoms with Crippen LogP contribution in [-0.2, 0) is 0 Å². The highest BCUT2D eigenvalue weighted by atomic mass is 16.3. The van der Waals surface area contributed by atoms with Crippen LogP contribution >= 0.6 is 0 Å². The van der Waals surface area contributed by atoms with E-state index in [4.69, 9.17) is 5.73 Å². The molecule has 8 heteroatoms. The Hall–Kier alpha value is -3.47. The van der Waals surface area contributed by atoms with Crippen LogP contribution in [0.1, 0.15) is 38.6 Å². The van der Waals surface area contributed by atoms with Gasteiger partial charge in [-0.25, -0.2) is 5.01 Å². The Bertz CT molecular complexity index is 956. The number of rotatable bonds is 3. The maximum atomic E-state index is 9.92. The summed E-state index contributed by atoms with van der Waals surface area (Å²) in [6.07, 6.45) is 2.28. The fourth-order valence-corrected chi connectivity index (χ4v) is 2.87. The Morgan fingerprint density at radius 1 is 1.31 bits per heavy atom. The Morgan fingerprint density at radius 2 is 2.04 bits per heavy atom. The smallest absolute Gasteiger partial charge is 0.252 e. The molecule has 1 aromatic heterocycles. The van der Waals surface area contributed by atoms with Gasteiger partial charge in [0.25, 0.3) is 5.95 Å². The van der Waals surface area contributed by atoms with E-state index in [2.05, 4.69) is 26.1 Å². The van der Waals surface area contributed by atoms with Crippen molar-refractivity contribution in [1.29, 1.82) is 5.26 Å². The van der Waals surface area contributed by atoms with Crippen LogP contribution in [0.2, 0.25) is 0 Å². The van der Waals surface area contributed by atoms with E-state index in [1.165, 1.54) is 12.1 Å². The standard InChI is InChI=1S/C18H19N7O/c1-11-9-18(2,3)25(24-11)17-22-15(21-16(20)23-17)13(10-19)8-12-6-4-5-7-14(12)26/h4-8,26H,9H2,1-3H3,(H2,20,21,22,23). The fraction of sp³-hybridized carbons (Fsp3) is 0.278. The number of allylic oxidation sites excluding steroid dienone is 1. The van der Waals surface area contributed by atoms with Crippen molar-refractivity contribution in [3.63, 3.8) is 0 Å². The first-order valence-corrected chi connectivity index (χ1v) is 8.06. The lowest BCUT2D eigenvalue weighted by molar-refractivity contribution is 0.474. The number of nitrogens with two attached hydrogens (primary N) is 1. The summed E-state index contributed by atoms with van der Waals surface area (Å²) in [7, 11) is 0. The van der Waals surface area contributed by atoms with Crippen molar-refractivity contribution < 1.29 is 5.11 Å².